The topological polar surface area (TPSA) is 87.2 Å². The zero-order valence-corrected chi connectivity index (χ0v) is 16.9. The predicted octanol–water partition coefficient (Wildman–Crippen LogP) is 2.36. The molecule has 1 N–H and O–H groups in total. The number of carbonyl (C=O) groups excluding carboxylic acids is 2. The molecule has 2 heterocycles. The summed E-state index contributed by atoms with van der Waals surface area (Å²) in [5.74, 6) is -1.02. The van der Waals surface area contributed by atoms with E-state index in [1.54, 1.807) is 6.08 Å². The molecule has 1 unspecified atom stereocenters. The van der Waals surface area contributed by atoms with Crippen molar-refractivity contribution in [1.82, 2.24) is 9.80 Å². The number of benzene rings is 1. The van der Waals surface area contributed by atoms with Gasteiger partial charge in [-0.2, -0.15) is 0 Å². The van der Waals surface area contributed by atoms with Crippen LogP contribution in [-0.2, 0) is 14.4 Å². The predicted molar refractivity (Wildman–Crippen MR) is 110 cm³/mol. The molecular formula is C19H20N2O5S2. The highest BCUT2D eigenvalue weighted by atomic mass is 32.2. The van der Waals surface area contributed by atoms with Gasteiger partial charge >= 0.3 is 5.97 Å². The summed E-state index contributed by atoms with van der Waals surface area (Å²) in [5.41, 5.74) is 0.820. The first kappa shape index (κ1) is 20.3. The summed E-state index contributed by atoms with van der Waals surface area (Å²) in [5, 5.41) is 9.23. The van der Waals surface area contributed by atoms with Gasteiger partial charge in [-0.3, -0.25) is 14.5 Å². The van der Waals surface area contributed by atoms with E-state index in [2.05, 4.69) is 0 Å². The van der Waals surface area contributed by atoms with Crippen LogP contribution in [0.5, 0.6) is 5.75 Å². The zero-order chi connectivity index (χ0) is 20.3. The molecule has 1 aromatic rings. The maximum Gasteiger partial charge on any atom is 0.326 e. The number of nitrogens with zero attached hydrogens (tertiary/aromatic N) is 2. The number of rotatable bonds is 6. The molecule has 0 saturated carbocycles. The van der Waals surface area contributed by atoms with E-state index in [4.69, 9.17) is 17.0 Å². The third kappa shape index (κ3) is 4.36. The quantitative estimate of drug-likeness (QED) is 0.558. The van der Waals surface area contributed by atoms with E-state index in [1.807, 2.05) is 31.2 Å². The standard InChI is InChI=1S/C19H20N2O5S2/c1-2-26-13-7-5-12(6-8-13)10-15-17(23)21(19(27)28-15)11-16(22)20-9-3-4-14(20)18(24)25/h5-8,10,14H,2-4,9,11H2,1H3,(H,24,25)/b15-10-. The number of hydrogen-bond donors (Lipinski definition) is 1. The number of ether oxygens (including phenoxy) is 1. The second-order valence-corrected chi connectivity index (χ2v) is 8.03. The average Bonchev–Trinajstić information content (AvgIpc) is 3.25. The summed E-state index contributed by atoms with van der Waals surface area (Å²) in [6, 6.07) is 6.48. The van der Waals surface area contributed by atoms with E-state index >= 15 is 0 Å². The van der Waals surface area contributed by atoms with Gasteiger partial charge in [-0.25, -0.2) is 4.79 Å². The average molecular weight is 421 g/mol. The molecule has 0 aliphatic carbocycles. The third-order valence-corrected chi connectivity index (χ3v) is 5.89. The summed E-state index contributed by atoms with van der Waals surface area (Å²) in [7, 11) is 0. The summed E-state index contributed by atoms with van der Waals surface area (Å²) in [6.07, 6.45) is 2.78. The number of aliphatic carboxylic acids is 1. The Balaban J connectivity index is 1.69. The van der Waals surface area contributed by atoms with Crippen LogP contribution >= 0.6 is 24.0 Å². The van der Waals surface area contributed by atoms with Gasteiger partial charge in [0.1, 0.15) is 22.7 Å². The second-order valence-electron chi connectivity index (χ2n) is 6.35. The Labute approximate surface area is 172 Å². The highest BCUT2D eigenvalue weighted by Gasteiger charge is 2.38. The van der Waals surface area contributed by atoms with Crippen LogP contribution in [-0.4, -0.2) is 62.7 Å². The Morgan fingerprint density at radius 1 is 1.36 bits per heavy atom. The Hall–Kier alpha value is -2.39. The van der Waals surface area contributed by atoms with Crippen molar-refractivity contribution in [1.29, 1.82) is 0 Å². The lowest BCUT2D eigenvalue weighted by Gasteiger charge is -2.24. The Morgan fingerprint density at radius 3 is 2.71 bits per heavy atom. The Kier molecular flexibility index (Phi) is 6.35. The van der Waals surface area contributed by atoms with E-state index in [9.17, 15) is 19.5 Å². The fourth-order valence-electron chi connectivity index (χ4n) is 3.16. The molecule has 0 bridgehead atoms. The van der Waals surface area contributed by atoms with E-state index in [1.165, 1.54) is 9.80 Å². The van der Waals surface area contributed by atoms with Crippen molar-refractivity contribution in [2.24, 2.45) is 0 Å². The zero-order valence-electron chi connectivity index (χ0n) is 15.3. The van der Waals surface area contributed by atoms with E-state index in [0.717, 1.165) is 23.1 Å². The molecule has 2 aliphatic rings. The van der Waals surface area contributed by atoms with Crippen LogP contribution < -0.4 is 4.74 Å². The normalized spacial score (nSPS) is 20.9. The van der Waals surface area contributed by atoms with Crippen LogP contribution in [0.25, 0.3) is 6.08 Å². The first-order chi connectivity index (χ1) is 13.4. The molecule has 0 radical (unpaired) electrons. The number of thioether (sulfide) groups is 1. The number of amides is 2. The lowest BCUT2D eigenvalue weighted by atomic mass is 10.2. The van der Waals surface area contributed by atoms with Crippen molar-refractivity contribution in [2.45, 2.75) is 25.8 Å². The van der Waals surface area contributed by atoms with Crippen molar-refractivity contribution in [3.05, 3.63) is 34.7 Å². The molecule has 7 nitrogen and oxygen atoms in total. The van der Waals surface area contributed by atoms with Crippen molar-refractivity contribution >= 4 is 52.2 Å². The number of carboxylic acids is 1. The molecular weight excluding hydrogens is 400 g/mol. The van der Waals surface area contributed by atoms with Gasteiger partial charge in [-0.15, -0.1) is 0 Å². The fourth-order valence-corrected chi connectivity index (χ4v) is 4.42. The number of thiocarbonyl (C=S) groups is 1. The van der Waals surface area contributed by atoms with E-state index in [0.29, 0.717) is 35.2 Å². The Bertz CT molecular complexity index is 837. The molecule has 9 heteroatoms. The molecule has 1 aromatic carbocycles. The van der Waals surface area contributed by atoms with Gasteiger partial charge < -0.3 is 14.7 Å². The molecule has 2 saturated heterocycles. The van der Waals surface area contributed by atoms with Crippen LogP contribution in [0.1, 0.15) is 25.3 Å². The molecule has 2 fully saturated rings. The second kappa shape index (κ2) is 8.74. The van der Waals surface area contributed by atoms with Gasteiger partial charge in [0.05, 0.1) is 11.5 Å². The lowest BCUT2D eigenvalue weighted by molar-refractivity contribution is -0.148. The van der Waals surface area contributed by atoms with Crippen LogP contribution in [0.4, 0.5) is 0 Å². The van der Waals surface area contributed by atoms with E-state index < -0.39 is 17.9 Å². The van der Waals surface area contributed by atoms with Gasteiger partial charge in [0.25, 0.3) is 5.91 Å². The summed E-state index contributed by atoms with van der Waals surface area (Å²) in [6.45, 7) is 2.62. The highest BCUT2D eigenvalue weighted by Crippen LogP contribution is 2.33. The van der Waals surface area contributed by atoms with Crippen molar-refractivity contribution < 1.29 is 24.2 Å². The first-order valence-corrected chi connectivity index (χ1v) is 10.1. The SMILES string of the molecule is CCOc1ccc(/C=C2\SC(=S)N(CC(=O)N3CCCC3C(=O)O)C2=O)cc1. The van der Waals surface area contributed by atoms with Gasteiger partial charge in [0.2, 0.25) is 5.91 Å². The number of carbonyl (C=O) groups is 3. The van der Waals surface area contributed by atoms with Crippen LogP contribution in [0.3, 0.4) is 0 Å². The largest absolute Gasteiger partial charge is 0.494 e. The maximum atomic E-state index is 12.7. The van der Waals surface area contributed by atoms with Gasteiger partial charge in [0, 0.05) is 6.54 Å². The molecule has 0 spiro atoms. The molecule has 2 amide bonds. The molecule has 28 heavy (non-hydrogen) atoms. The molecule has 3 rings (SSSR count). The minimum atomic E-state index is -1.02. The molecule has 1 atom stereocenters. The summed E-state index contributed by atoms with van der Waals surface area (Å²) in [4.78, 5) is 39.5. The minimum absolute atomic E-state index is 0.241. The maximum absolute atomic E-state index is 12.7. The van der Waals surface area contributed by atoms with Crippen LogP contribution in [0.2, 0.25) is 0 Å². The summed E-state index contributed by atoms with van der Waals surface area (Å²) >= 11 is 6.39. The molecule has 148 valence electrons. The van der Waals surface area contributed by atoms with Crippen LogP contribution in [0, 0.1) is 0 Å². The highest BCUT2D eigenvalue weighted by molar-refractivity contribution is 8.26. The van der Waals surface area contributed by atoms with Crippen molar-refractivity contribution in [2.75, 3.05) is 19.7 Å². The monoisotopic (exact) mass is 420 g/mol. The Morgan fingerprint density at radius 2 is 2.07 bits per heavy atom. The fraction of sp³-hybridized carbons (Fsp3) is 0.368. The van der Waals surface area contributed by atoms with Gasteiger partial charge in [0.15, 0.2) is 0 Å². The number of likely N-dealkylation sites (tertiary alicyclic amines) is 1. The van der Waals surface area contributed by atoms with Gasteiger partial charge in [-0.1, -0.05) is 36.1 Å². The lowest BCUT2D eigenvalue weighted by Crippen LogP contribution is -2.46. The van der Waals surface area contributed by atoms with Crippen molar-refractivity contribution in [3.8, 4) is 5.75 Å². The number of hydrogen-bond acceptors (Lipinski definition) is 6. The van der Waals surface area contributed by atoms with Crippen molar-refractivity contribution in [3.63, 3.8) is 0 Å². The number of carboxylic acid groups (broad SMARTS) is 1. The molecule has 2 aliphatic heterocycles. The summed E-state index contributed by atoms with van der Waals surface area (Å²) < 4.78 is 5.69. The first-order valence-electron chi connectivity index (χ1n) is 8.91. The third-order valence-electron chi connectivity index (χ3n) is 4.51. The van der Waals surface area contributed by atoms with Gasteiger partial charge in [-0.05, 0) is 43.5 Å². The smallest absolute Gasteiger partial charge is 0.326 e. The molecule has 0 aromatic heterocycles. The van der Waals surface area contributed by atoms with E-state index in [-0.39, 0.29) is 12.5 Å². The minimum Gasteiger partial charge on any atom is -0.494 e. The van der Waals surface area contributed by atoms with Crippen LogP contribution in [0.15, 0.2) is 29.2 Å².